The Morgan fingerprint density at radius 1 is 0.661 bits per heavy atom. The van der Waals surface area contributed by atoms with Crippen molar-refractivity contribution in [2.24, 2.45) is 46.3 Å². The van der Waals surface area contributed by atoms with Gasteiger partial charge in [0.2, 0.25) is 0 Å². The first-order valence-corrected chi connectivity index (χ1v) is 28.1. The van der Waals surface area contributed by atoms with E-state index in [1.165, 1.54) is 206 Å². The van der Waals surface area contributed by atoms with Crippen LogP contribution < -0.4 is 0 Å². The van der Waals surface area contributed by atoms with Gasteiger partial charge in [0.05, 0.1) is 25.4 Å². The number of fused-ring (bicyclic) bond motifs is 5. The van der Waals surface area contributed by atoms with Gasteiger partial charge in [-0.1, -0.05) is 155 Å². The summed E-state index contributed by atoms with van der Waals surface area (Å²) < 4.78 is 19.2. The molecule has 4 heteroatoms. The maximum absolute atomic E-state index is 6.62. The van der Waals surface area contributed by atoms with Gasteiger partial charge >= 0.3 is 0 Å². The summed E-state index contributed by atoms with van der Waals surface area (Å²) in [4.78, 5) is 2.63. The molecule has 4 nitrogen and oxygen atoms in total. The van der Waals surface area contributed by atoms with E-state index >= 15 is 0 Å². The molecule has 0 bridgehead atoms. The van der Waals surface area contributed by atoms with Crippen molar-refractivity contribution in [2.75, 3.05) is 46.1 Å². The molecule has 0 radical (unpaired) electrons. The average molecular weight is 864 g/mol. The minimum absolute atomic E-state index is 0.425. The van der Waals surface area contributed by atoms with E-state index < -0.39 is 0 Å². The SMILES string of the molecule is CCCCCCCC/C=C\CCCCCCCCOC[C@H](COCCCCCCO[C@H]1CC[C@@]2(C)C(=CC[C@@H]3C2CC[C@@]2(C)C3CC[C@@H]2[C@H](C)CCCC(C)C)C1)N1CCCC1. The van der Waals surface area contributed by atoms with Gasteiger partial charge < -0.3 is 14.2 Å². The summed E-state index contributed by atoms with van der Waals surface area (Å²) in [6.45, 7) is 21.9. The highest BCUT2D eigenvalue weighted by Gasteiger charge is 2.59. The Morgan fingerprint density at radius 3 is 1.92 bits per heavy atom. The van der Waals surface area contributed by atoms with Crippen molar-refractivity contribution in [3.63, 3.8) is 0 Å². The summed E-state index contributed by atoms with van der Waals surface area (Å²) >= 11 is 0. The molecule has 5 rings (SSSR count). The maximum atomic E-state index is 6.62. The molecule has 62 heavy (non-hydrogen) atoms. The largest absolute Gasteiger partial charge is 0.380 e. The van der Waals surface area contributed by atoms with Crippen molar-refractivity contribution in [2.45, 2.75) is 253 Å². The van der Waals surface area contributed by atoms with E-state index in [4.69, 9.17) is 14.2 Å². The van der Waals surface area contributed by atoms with Crippen molar-refractivity contribution in [3.8, 4) is 0 Å². The zero-order chi connectivity index (χ0) is 43.9. The highest BCUT2D eigenvalue weighted by molar-refractivity contribution is 5.25. The van der Waals surface area contributed by atoms with E-state index in [2.05, 4.69) is 64.7 Å². The Balaban J connectivity index is 0.863. The van der Waals surface area contributed by atoms with Crippen LogP contribution in [0.3, 0.4) is 0 Å². The maximum Gasteiger partial charge on any atom is 0.0644 e. The lowest BCUT2D eigenvalue weighted by atomic mass is 9.47. The molecule has 3 saturated carbocycles. The summed E-state index contributed by atoms with van der Waals surface area (Å²) in [5, 5.41) is 0. The van der Waals surface area contributed by atoms with E-state index in [1.54, 1.807) is 5.57 Å². The molecule has 5 aliphatic rings. The smallest absolute Gasteiger partial charge is 0.0644 e. The minimum atomic E-state index is 0.425. The Morgan fingerprint density at radius 2 is 1.27 bits per heavy atom. The van der Waals surface area contributed by atoms with Gasteiger partial charge in [-0.2, -0.15) is 0 Å². The van der Waals surface area contributed by atoms with Gasteiger partial charge in [0, 0.05) is 19.8 Å². The fourth-order valence-electron chi connectivity index (χ4n) is 14.0. The molecule has 0 aromatic carbocycles. The Kier molecular flexibility index (Phi) is 24.6. The summed E-state index contributed by atoms with van der Waals surface area (Å²) in [6.07, 6.45) is 49.9. The number of allylic oxidation sites excluding steroid dienone is 3. The molecular weight excluding hydrogens is 759 g/mol. The Labute approximate surface area is 386 Å². The van der Waals surface area contributed by atoms with Crippen LogP contribution in [0.25, 0.3) is 0 Å². The molecule has 1 aliphatic heterocycles. The summed E-state index contributed by atoms with van der Waals surface area (Å²) in [7, 11) is 0. The van der Waals surface area contributed by atoms with E-state index in [0.29, 0.717) is 23.0 Å². The first-order valence-electron chi connectivity index (χ1n) is 28.1. The number of likely N-dealkylation sites (tertiary alicyclic amines) is 1. The third-order valence-corrected chi connectivity index (χ3v) is 17.9. The number of unbranched alkanes of at least 4 members (excludes halogenated alkanes) is 15. The van der Waals surface area contributed by atoms with E-state index in [9.17, 15) is 0 Å². The van der Waals surface area contributed by atoms with Gasteiger partial charge in [-0.15, -0.1) is 0 Å². The molecule has 4 aliphatic carbocycles. The van der Waals surface area contributed by atoms with Crippen LogP contribution in [-0.4, -0.2) is 63.2 Å². The van der Waals surface area contributed by atoms with Crippen LogP contribution in [0.4, 0.5) is 0 Å². The number of hydrogen-bond acceptors (Lipinski definition) is 4. The van der Waals surface area contributed by atoms with E-state index in [0.717, 1.165) is 75.0 Å². The number of ether oxygens (including phenoxy) is 3. The first kappa shape index (κ1) is 52.3. The van der Waals surface area contributed by atoms with Gasteiger partial charge in [-0.05, 0) is 169 Å². The van der Waals surface area contributed by atoms with Gasteiger partial charge in [-0.3, -0.25) is 4.90 Å². The zero-order valence-corrected chi connectivity index (χ0v) is 42.4. The molecule has 4 fully saturated rings. The third kappa shape index (κ3) is 16.6. The molecule has 2 unspecified atom stereocenters. The predicted octanol–water partition coefficient (Wildman–Crippen LogP) is 16.5. The molecule has 0 spiro atoms. The van der Waals surface area contributed by atoms with Gasteiger partial charge in [0.15, 0.2) is 0 Å². The Bertz CT molecular complexity index is 1220. The van der Waals surface area contributed by atoms with Crippen LogP contribution in [0.1, 0.15) is 241 Å². The third-order valence-electron chi connectivity index (χ3n) is 17.9. The quantitative estimate of drug-likeness (QED) is 0.0476. The molecule has 0 amide bonds. The fraction of sp³-hybridized carbons (Fsp3) is 0.931. The van der Waals surface area contributed by atoms with Crippen LogP contribution in [0, 0.1) is 46.3 Å². The number of nitrogens with zero attached hydrogens (tertiary/aromatic N) is 1. The molecule has 1 heterocycles. The van der Waals surface area contributed by atoms with Crippen molar-refractivity contribution in [1.82, 2.24) is 4.90 Å². The van der Waals surface area contributed by atoms with Crippen LogP contribution in [0.2, 0.25) is 0 Å². The molecule has 0 aromatic heterocycles. The van der Waals surface area contributed by atoms with Crippen molar-refractivity contribution >= 4 is 0 Å². The summed E-state index contributed by atoms with van der Waals surface area (Å²) in [6, 6.07) is 0.425. The molecule has 360 valence electrons. The summed E-state index contributed by atoms with van der Waals surface area (Å²) in [5.41, 5.74) is 2.79. The highest BCUT2D eigenvalue weighted by Crippen LogP contribution is 2.67. The molecule has 0 N–H and O–H groups in total. The standard InChI is InChI=1S/C58H105NO3/c1-7-8-9-10-11-12-13-14-15-16-17-18-19-20-21-26-42-60-46-51(59-40-24-25-41-59)47-61-43-27-22-23-28-44-62-52-36-38-57(5)50(45-52)32-33-53-55-35-34-54(49(4)31-29-30-48(2)3)58(55,6)39-37-56(53)57/h14-15,32,48-49,51-56H,7-13,16-31,33-47H2,1-6H3/b15-14-/t49-,51-,52+,53+,54-,55?,56?,57+,58-/m1/s1. The molecular formula is C58H105NO3. The van der Waals surface area contributed by atoms with Gasteiger partial charge in [0.25, 0.3) is 0 Å². The second-order valence-electron chi connectivity index (χ2n) is 22.9. The van der Waals surface area contributed by atoms with E-state index in [1.807, 2.05) is 0 Å². The monoisotopic (exact) mass is 864 g/mol. The van der Waals surface area contributed by atoms with Crippen molar-refractivity contribution < 1.29 is 14.2 Å². The normalized spacial score (nSPS) is 29.9. The number of rotatable bonds is 34. The van der Waals surface area contributed by atoms with Crippen LogP contribution in [0.5, 0.6) is 0 Å². The van der Waals surface area contributed by atoms with Crippen LogP contribution >= 0.6 is 0 Å². The lowest BCUT2D eigenvalue weighted by Gasteiger charge is -2.58. The molecule has 0 aromatic rings. The Hall–Kier alpha value is -0.680. The molecule has 9 atom stereocenters. The average Bonchev–Trinajstić information content (AvgIpc) is 3.93. The molecule has 1 saturated heterocycles. The minimum Gasteiger partial charge on any atom is -0.380 e. The summed E-state index contributed by atoms with van der Waals surface area (Å²) in [5.74, 6) is 5.49. The van der Waals surface area contributed by atoms with E-state index in [-0.39, 0.29) is 0 Å². The fourth-order valence-corrected chi connectivity index (χ4v) is 14.0. The highest BCUT2D eigenvalue weighted by atomic mass is 16.5. The second kappa shape index (κ2) is 29.2. The predicted molar refractivity (Wildman–Crippen MR) is 267 cm³/mol. The van der Waals surface area contributed by atoms with Gasteiger partial charge in [0.1, 0.15) is 0 Å². The lowest BCUT2D eigenvalue weighted by molar-refractivity contribution is -0.0641. The van der Waals surface area contributed by atoms with Crippen LogP contribution in [-0.2, 0) is 14.2 Å². The number of hydrogen-bond donors (Lipinski definition) is 0. The lowest BCUT2D eigenvalue weighted by Crippen LogP contribution is -2.51. The van der Waals surface area contributed by atoms with Crippen molar-refractivity contribution in [1.29, 1.82) is 0 Å². The topological polar surface area (TPSA) is 30.9 Å². The first-order chi connectivity index (χ1) is 30.3. The van der Waals surface area contributed by atoms with Crippen LogP contribution in [0.15, 0.2) is 23.8 Å². The zero-order valence-electron chi connectivity index (χ0n) is 42.4. The van der Waals surface area contributed by atoms with Gasteiger partial charge in [-0.25, -0.2) is 0 Å². The van der Waals surface area contributed by atoms with Crippen molar-refractivity contribution in [3.05, 3.63) is 23.8 Å². The second-order valence-corrected chi connectivity index (χ2v) is 22.9.